The van der Waals surface area contributed by atoms with E-state index in [9.17, 15) is 5.11 Å². The first kappa shape index (κ1) is 14.9. The molecule has 0 aromatic carbocycles. The molecule has 0 bridgehead atoms. The van der Waals surface area contributed by atoms with Crippen LogP contribution in [0, 0.1) is 0 Å². The van der Waals surface area contributed by atoms with E-state index in [1.54, 1.807) is 0 Å². The molecule has 1 rings (SSSR count). The second-order valence-corrected chi connectivity index (χ2v) is 5.14. The number of piperidine rings is 1. The van der Waals surface area contributed by atoms with Crippen LogP contribution < -0.4 is 0 Å². The average molecular weight is 243 g/mol. The summed E-state index contributed by atoms with van der Waals surface area (Å²) in [6, 6.07) is 0.675. The van der Waals surface area contributed by atoms with Gasteiger partial charge in [-0.15, -0.1) is 0 Å². The molecule has 17 heavy (non-hydrogen) atoms. The minimum Gasteiger partial charge on any atom is -0.389 e. The van der Waals surface area contributed by atoms with Crippen LogP contribution in [-0.2, 0) is 4.74 Å². The first-order valence-electron chi connectivity index (χ1n) is 7.27. The highest BCUT2D eigenvalue weighted by atomic mass is 16.5. The Hall–Kier alpha value is -0.120. The fraction of sp³-hybridized carbons (Fsp3) is 1.00. The summed E-state index contributed by atoms with van der Waals surface area (Å²) in [4.78, 5) is 2.44. The summed E-state index contributed by atoms with van der Waals surface area (Å²) in [6.45, 7) is 7.60. The lowest BCUT2D eigenvalue weighted by Gasteiger charge is -2.36. The lowest BCUT2D eigenvalue weighted by atomic mass is 10.00. The summed E-state index contributed by atoms with van der Waals surface area (Å²) in [6.07, 6.45) is 7.04. The van der Waals surface area contributed by atoms with Crippen LogP contribution in [0.5, 0.6) is 0 Å². The molecular weight excluding hydrogens is 214 g/mol. The smallest absolute Gasteiger partial charge is 0.0900 e. The Morgan fingerprint density at radius 2 is 2.18 bits per heavy atom. The Morgan fingerprint density at radius 1 is 1.35 bits per heavy atom. The highest BCUT2D eigenvalue weighted by Gasteiger charge is 2.22. The van der Waals surface area contributed by atoms with Crippen molar-refractivity contribution in [3.8, 4) is 0 Å². The Labute approximate surface area is 106 Å². The minimum atomic E-state index is -0.320. The van der Waals surface area contributed by atoms with Crippen LogP contribution in [0.4, 0.5) is 0 Å². The van der Waals surface area contributed by atoms with Crippen LogP contribution in [0.3, 0.4) is 0 Å². The van der Waals surface area contributed by atoms with Gasteiger partial charge >= 0.3 is 0 Å². The van der Waals surface area contributed by atoms with Gasteiger partial charge in [-0.25, -0.2) is 0 Å². The van der Waals surface area contributed by atoms with Crippen molar-refractivity contribution in [3.63, 3.8) is 0 Å². The summed E-state index contributed by atoms with van der Waals surface area (Å²) in [5.74, 6) is 0. The molecule has 3 heteroatoms. The van der Waals surface area contributed by atoms with Crippen molar-refractivity contribution in [3.05, 3.63) is 0 Å². The van der Waals surface area contributed by atoms with Gasteiger partial charge in [0.2, 0.25) is 0 Å². The van der Waals surface area contributed by atoms with E-state index in [0.29, 0.717) is 12.6 Å². The molecule has 2 unspecified atom stereocenters. The first-order valence-corrected chi connectivity index (χ1v) is 7.27. The number of likely N-dealkylation sites (tertiary alicyclic amines) is 1. The molecule has 0 radical (unpaired) electrons. The maximum Gasteiger partial charge on any atom is 0.0900 e. The van der Waals surface area contributed by atoms with Crippen molar-refractivity contribution in [2.24, 2.45) is 0 Å². The third-order valence-corrected chi connectivity index (χ3v) is 3.62. The molecule has 102 valence electrons. The predicted octanol–water partition coefficient (Wildman–Crippen LogP) is 2.43. The van der Waals surface area contributed by atoms with Crippen molar-refractivity contribution in [2.75, 3.05) is 26.3 Å². The van der Waals surface area contributed by atoms with E-state index < -0.39 is 0 Å². The van der Waals surface area contributed by atoms with Crippen molar-refractivity contribution < 1.29 is 9.84 Å². The number of unbranched alkanes of at least 4 members (excludes halogenated alkanes) is 1. The third kappa shape index (κ3) is 5.84. The lowest BCUT2D eigenvalue weighted by molar-refractivity contribution is 0.00106. The highest BCUT2D eigenvalue weighted by Crippen LogP contribution is 2.19. The number of hydrogen-bond acceptors (Lipinski definition) is 3. The molecule has 1 heterocycles. The molecule has 0 aromatic heterocycles. The summed E-state index contributed by atoms with van der Waals surface area (Å²) in [5, 5.41) is 9.95. The van der Waals surface area contributed by atoms with Gasteiger partial charge in [0.1, 0.15) is 0 Å². The second kappa shape index (κ2) is 8.90. The van der Waals surface area contributed by atoms with E-state index in [-0.39, 0.29) is 6.10 Å². The Morgan fingerprint density at radius 3 is 2.88 bits per heavy atom. The number of ether oxygens (including phenoxy) is 1. The van der Waals surface area contributed by atoms with Crippen molar-refractivity contribution in [2.45, 2.75) is 64.5 Å². The quantitative estimate of drug-likeness (QED) is 0.665. The fourth-order valence-electron chi connectivity index (χ4n) is 2.55. The Bertz CT molecular complexity index is 187. The average Bonchev–Trinajstić information content (AvgIpc) is 2.35. The summed E-state index contributed by atoms with van der Waals surface area (Å²) in [5.41, 5.74) is 0. The number of aliphatic hydroxyl groups is 1. The van der Waals surface area contributed by atoms with Gasteiger partial charge in [0.05, 0.1) is 12.7 Å². The maximum atomic E-state index is 9.95. The second-order valence-electron chi connectivity index (χ2n) is 5.14. The van der Waals surface area contributed by atoms with Gasteiger partial charge < -0.3 is 9.84 Å². The number of β-amino-alcohol motifs (C(OH)–C–C–N with tert-alkyl or cyclic N) is 1. The molecule has 1 aliphatic heterocycles. The Balaban J connectivity index is 2.16. The Kier molecular flexibility index (Phi) is 7.82. The number of hydrogen-bond donors (Lipinski definition) is 1. The van der Waals surface area contributed by atoms with E-state index >= 15 is 0 Å². The van der Waals surface area contributed by atoms with E-state index in [1.165, 1.54) is 25.7 Å². The van der Waals surface area contributed by atoms with Gasteiger partial charge in [-0.3, -0.25) is 4.90 Å². The summed E-state index contributed by atoms with van der Waals surface area (Å²) in [7, 11) is 0. The molecule has 2 atom stereocenters. The van der Waals surface area contributed by atoms with Gasteiger partial charge in [-0.05, 0) is 32.2 Å². The number of nitrogens with zero attached hydrogens (tertiary/aromatic N) is 1. The first-order chi connectivity index (χ1) is 8.27. The van der Waals surface area contributed by atoms with Crippen LogP contribution >= 0.6 is 0 Å². The topological polar surface area (TPSA) is 32.7 Å². The minimum absolute atomic E-state index is 0.320. The van der Waals surface area contributed by atoms with Crippen LogP contribution in [0.25, 0.3) is 0 Å². The van der Waals surface area contributed by atoms with Gasteiger partial charge in [0, 0.05) is 19.2 Å². The van der Waals surface area contributed by atoms with Crippen LogP contribution in [0.15, 0.2) is 0 Å². The van der Waals surface area contributed by atoms with Crippen molar-refractivity contribution in [1.82, 2.24) is 4.90 Å². The van der Waals surface area contributed by atoms with Gasteiger partial charge in [0.15, 0.2) is 0 Å². The molecule has 1 aliphatic rings. The maximum absolute atomic E-state index is 9.95. The van der Waals surface area contributed by atoms with Crippen LogP contribution in [0.2, 0.25) is 0 Å². The van der Waals surface area contributed by atoms with Crippen LogP contribution in [-0.4, -0.2) is 48.5 Å². The third-order valence-electron chi connectivity index (χ3n) is 3.62. The van der Waals surface area contributed by atoms with Gasteiger partial charge in [-0.2, -0.15) is 0 Å². The van der Waals surface area contributed by atoms with Gasteiger partial charge in [0.25, 0.3) is 0 Å². The van der Waals surface area contributed by atoms with Crippen molar-refractivity contribution in [1.29, 1.82) is 0 Å². The number of rotatable bonds is 8. The monoisotopic (exact) mass is 243 g/mol. The molecule has 1 fully saturated rings. The molecule has 0 aromatic rings. The number of aliphatic hydroxyl groups excluding tert-OH is 1. The molecule has 1 N–H and O–H groups in total. The van der Waals surface area contributed by atoms with Gasteiger partial charge in [-0.1, -0.05) is 26.7 Å². The lowest BCUT2D eigenvalue weighted by Crippen LogP contribution is -2.44. The zero-order chi connectivity index (χ0) is 12.5. The van der Waals surface area contributed by atoms with Crippen LogP contribution in [0.1, 0.15) is 52.4 Å². The molecule has 0 spiro atoms. The SMILES string of the molecule is CCCCOCC(O)CN1CCCCC1CC. The highest BCUT2D eigenvalue weighted by molar-refractivity contribution is 4.77. The van der Waals surface area contributed by atoms with E-state index in [1.807, 2.05) is 0 Å². The zero-order valence-corrected chi connectivity index (χ0v) is 11.5. The molecule has 3 nitrogen and oxygen atoms in total. The standard InChI is InChI=1S/C14H29NO2/c1-3-5-10-17-12-14(16)11-15-9-7-6-8-13(15)4-2/h13-14,16H,3-12H2,1-2H3. The predicted molar refractivity (Wildman–Crippen MR) is 71.2 cm³/mol. The molecule has 0 amide bonds. The fourth-order valence-corrected chi connectivity index (χ4v) is 2.55. The van der Waals surface area contributed by atoms with E-state index in [2.05, 4.69) is 18.7 Å². The largest absolute Gasteiger partial charge is 0.389 e. The zero-order valence-electron chi connectivity index (χ0n) is 11.5. The molecular formula is C14H29NO2. The van der Waals surface area contributed by atoms with E-state index in [0.717, 1.165) is 32.5 Å². The van der Waals surface area contributed by atoms with E-state index in [4.69, 9.17) is 4.74 Å². The summed E-state index contributed by atoms with van der Waals surface area (Å²) < 4.78 is 5.47. The normalized spacial score (nSPS) is 23.8. The molecule has 0 saturated carbocycles. The summed E-state index contributed by atoms with van der Waals surface area (Å²) >= 11 is 0. The molecule has 1 saturated heterocycles. The molecule has 0 aliphatic carbocycles. The van der Waals surface area contributed by atoms with Crippen molar-refractivity contribution >= 4 is 0 Å².